The molecule has 0 radical (unpaired) electrons. The van der Waals surface area contributed by atoms with Crippen molar-refractivity contribution in [3.05, 3.63) is 17.3 Å². The Morgan fingerprint density at radius 2 is 2.14 bits per heavy atom. The summed E-state index contributed by atoms with van der Waals surface area (Å²) in [4.78, 5) is 8.24. The zero-order chi connectivity index (χ0) is 15.6. The number of nitrogens with one attached hydrogen (secondary N) is 1. The molecule has 2 rings (SSSR count). The molecule has 21 heavy (non-hydrogen) atoms. The highest BCUT2D eigenvalue weighted by Crippen LogP contribution is 2.29. The van der Waals surface area contributed by atoms with Crippen LogP contribution in [0.15, 0.2) is 11.6 Å². The number of fused-ring (bicyclic) bond motifs is 1. The van der Waals surface area contributed by atoms with Gasteiger partial charge in [-0.15, -0.1) is 11.3 Å². The molecule has 4 nitrogen and oxygen atoms in total. The van der Waals surface area contributed by atoms with E-state index in [2.05, 4.69) is 67.9 Å². The van der Waals surface area contributed by atoms with E-state index in [-0.39, 0.29) is 5.54 Å². The van der Waals surface area contributed by atoms with E-state index in [0.717, 1.165) is 30.3 Å². The van der Waals surface area contributed by atoms with Gasteiger partial charge in [-0.2, -0.15) is 0 Å². The number of aromatic nitrogens is 2. The van der Waals surface area contributed by atoms with E-state index in [0.29, 0.717) is 5.92 Å². The fourth-order valence-electron chi connectivity index (χ4n) is 2.26. The van der Waals surface area contributed by atoms with Crippen molar-refractivity contribution in [1.29, 1.82) is 0 Å². The summed E-state index contributed by atoms with van der Waals surface area (Å²) < 4.78 is 2.22. The molecule has 0 aromatic carbocycles. The molecule has 0 atom stereocenters. The maximum Gasteiger partial charge on any atom is 0.195 e. The smallest absolute Gasteiger partial charge is 0.195 e. The van der Waals surface area contributed by atoms with Crippen molar-refractivity contribution in [3.8, 4) is 0 Å². The van der Waals surface area contributed by atoms with Gasteiger partial charge in [0.25, 0.3) is 0 Å². The van der Waals surface area contributed by atoms with E-state index in [9.17, 15) is 0 Å². The second kappa shape index (κ2) is 6.36. The molecule has 2 aromatic rings. The van der Waals surface area contributed by atoms with Crippen LogP contribution in [0.4, 0.5) is 5.82 Å². The van der Waals surface area contributed by atoms with Gasteiger partial charge in [-0.05, 0) is 32.7 Å². The monoisotopic (exact) mass is 308 g/mol. The molecule has 0 aliphatic heterocycles. The van der Waals surface area contributed by atoms with Crippen LogP contribution in [0, 0.1) is 5.92 Å². The van der Waals surface area contributed by atoms with E-state index in [4.69, 9.17) is 4.98 Å². The van der Waals surface area contributed by atoms with Crippen molar-refractivity contribution < 1.29 is 0 Å². The third kappa shape index (κ3) is 3.40. The number of thiazole rings is 1. The Kier molecular flexibility index (Phi) is 4.94. The lowest BCUT2D eigenvalue weighted by atomic mass is 10.00. The van der Waals surface area contributed by atoms with E-state index >= 15 is 0 Å². The summed E-state index contributed by atoms with van der Waals surface area (Å²) in [6.07, 6.45) is 3.21. The number of nitrogens with zero attached hydrogens (tertiary/aromatic N) is 3. The summed E-state index contributed by atoms with van der Waals surface area (Å²) in [5, 5.41) is 5.65. The highest BCUT2D eigenvalue weighted by Gasteiger charge is 2.26. The van der Waals surface area contributed by atoms with Gasteiger partial charge in [0.15, 0.2) is 10.8 Å². The molecular weight excluding hydrogens is 280 g/mol. The van der Waals surface area contributed by atoms with Gasteiger partial charge in [0.2, 0.25) is 0 Å². The summed E-state index contributed by atoms with van der Waals surface area (Å²) >= 11 is 1.70. The lowest BCUT2D eigenvalue weighted by Gasteiger charge is -2.35. The van der Waals surface area contributed by atoms with E-state index in [1.807, 2.05) is 0 Å². The van der Waals surface area contributed by atoms with Gasteiger partial charge in [0.1, 0.15) is 0 Å². The zero-order valence-corrected chi connectivity index (χ0v) is 14.9. The summed E-state index contributed by atoms with van der Waals surface area (Å²) in [5.41, 5.74) is 1.37. The first-order chi connectivity index (χ1) is 9.86. The van der Waals surface area contributed by atoms with Crippen molar-refractivity contribution >= 4 is 22.1 Å². The minimum absolute atomic E-state index is 0.108. The van der Waals surface area contributed by atoms with Gasteiger partial charge < -0.3 is 10.2 Å². The molecule has 0 saturated carbocycles. The first-order valence-electron chi connectivity index (χ1n) is 7.75. The van der Waals surface area contributed by atoms with E-state index < -0.39 is 0 Å². The quantitative estimate of drug-likeness (QED) is 0.845. The molecule has 0 bridgehead atoms. The third-order valence-corrected chi connectivity index (χ3v) is 5.03. The average Bonchev–Trinajstić information content (AvgIpc) is 2.99. The van der Waals surface area contributed by atoms with Crippen LogP contribution in [0.25, 0.3) is 4.96 Å². The van der Waals surface area contributed by atoms with Crippen molar-refractivity contribution in [2.45, 2.75) is 53.1 Å². The first kappa shape index (κ1) is 16.3. The number of imidazole rings is 1. The van der Waals surface area contributed by atoms with Crippen molar-refractivity contribution in [2.24, 2.45) is 5.92 Å². The van der Waals surface area contributed by atoms with Gasteiger partial charge in [-0.25, -0.2) is 4.98 Å². The Morgan fingerprint density at radius 3 is 2.76 bits per heavy atom. The van der Waals surface area contributed by atoms with Crippen LogP contribution in [0.1, 0.15) is 46.7 Å². The second-order valence-corrected chi connectivity index (χ2v) is 7.56. The molecule has 2 heterocycles. The molecule has 0 fully saturated rings. The lowest BCUT2D eigenvalue weighted by Crippen LogP contribution is -2.41. The highest BCUT2D eigenvalue weighted by molar-refractivity contribution is 7.15. The Labute approximate surface area is 132 Å². The molecule has 0 spiro atoms. The largest absolute Gasteiger partial charge is 0.353 e. The van der Waals surface area contributed by atoms with Crippen molar-refractivity contribution in [1.82, 2.24) is 14.7 Å². The molecule has 118 valence electrons. The predicted octanol–water partition coefficient (Wildman–Crippen LogP) is 3.77. The number of rotatable bonds is 7. The summed E-state index contributed by atoms with van der Waals surface area (Å²) in [6.45, 7) is 13.1. The molecule has 0 unspecified atom stereocenters. The normalized spacial score (nSPS) is 12.5. The molecule has 0 amide bonds. The van der Waals surface area contributed by atoms with Crippen molar-refractivity contribution in [3.63, 3.8) is 0 Å². The van der Waals surface area contributed by atoms with Gasteiger partial charge in [0, 0.05) is 30.7 Å². The molecule has 0 aliphatic rings. The van der Waals surface area contributed by atoms with Crippen LogP contribution in [-0.4, -0.2) is 28.5 Å². The van der Waals surface area contributed by atoms with Crippen LogP contribution in [0.3, 0.4) is 0 Å². The molecule has 0 aliphatic carbocycles. The minimum Gasteiger partial charge on any atom is -0.353 e. The summed E-state index contributed by atoms with van der Waals surface area (Å²) in [5.74, 6) is 1.76. The van der Waals surface area contributed by atoms with E-state index in [1.165, 1.54) is 5.69 Å². The fraction of sp³-hybridized carbons (Fsp3) is 0.688. The van der Waals surface area contributed by atoms with Gasteiger partial charge in [-0.1, -0.05) is 20.8 Å². The maximum absolute atomic E-state index is 4.85. The molecule has 2 aromatic heterocycles. The van der Waals surface area contributed by atoms with Crippen LogP contribution in [0.2, 0.25) is 0 Å². The lowest BCUT2D eigenvalue weighted by molar-refractivity contribution is 0.465. The Hall–Kier alpha value is -1.07. The summed E-state index contributed by atoms with van der Waals surface area (Å²) in [7, 11) is 2.15. The second-order valence-electron chi connectivity index (χ2n) is 6.69. The zero-order valence-electron chi connectivity index (χ0n) is 14.1. The average molecular weight is 308 g/mol. The molecule has 0 saturated heterocycles. The van der Waals surface area contributed by atoms with Crippen LogP contribution in [0.5, 0.6) is 0 Å². The Bertz CT molecular complexity index is 582. The first-order valence-corrected chi connectivity index (χ1v) is 8.63. The van der Waals surface area contributed by atoms with Gasteiger partial charge in [-0.3, -0.25) is 4.40 Å². The van der Waals surface area contributed by atoms with Crippen LogP contribution < -0.4 is 10.2 Å². The fourth-order valence-corrected chi connectivity index (χ4v) is 2.99. The number of anilines is 1. The predicted molar refractivity (Wildman–Crippen MR) is 92.4 cm³/mol. The SMILES string of the molecule is CCC(C)(C)N(C)c1nc2sccn2c1CNCC(C)C. The van der Waals surface area contributed by atoms with Crippen LogP contribution >= 0.6 is 11.3 Å². The Balaban J connectivity index is 2.31. The standard InChI is InChI=1S/C16H28N4S/c1-7-16(4,5)19(6)14-13(11-17-10-12(2)3)20-8-9-21-15(20)18-14/h8-9,12,17H,7,10-11H2,1-6H3. The number of hydrogen-bond donors (Lipinski definition) is 1. The van der Waals surface area contributed by atoms with Crippen molar-refractivity contribution in [2.75, 3.05) is 18.5 Å². The molecule has 5 heteroatoms. The minimum atomic E-state index is 0.108. The Morgan fingerprint density at radius 1 is 1.43 bits per heavy atom. The third-order valence-electron chi connectivity index (χ3n) is 4.28. The highest BCUT2D eigenvalue weighted by atomic mass is 32.1. The maximum atomic E-state index is 4.85. The van der Waals surface area contributed by atoms with Gasteiger partial charge in [0.05, 0.1) is 5.69 Å². The van der Waals surface area contributed by atoms with Gasteiger partial charge >= 0.3 is 0 Å². The summed E-state index contributed by atoms with van der Waals surface area (Å²) in [6, 6.07) is 0. The number of hydrogen-bond acceptors (Lipinski definition) is 4. The molecular formula is C16H28N4S. The molecule has 1 N–H and O–H groups in total. The van der Waals surface area contributed by atoms with Crippen LogP contribution in [-0.2, 0) is 6.54 Å². The van der Waals surface area contributed by atoms with E-state index in [1.54, 1.807) is 11.3 Å². The topological polar surface area (TPSA) is 32.6 Å².